The molecule has 0 amide bonds. The van der Waals surface area contributed by atoms with Gasteiger partial charge < -0.3 is 10.2 Å². The van der Waals surface area contributed by atoms with Gasteiger partial charge in [0, 0.05) is 11.5 Å². The van der Waals surface area contributed by atoms with Crippen LogP contribution < -0.4 is 0 Å². The molecule has 0 radical (unpaired) electrons. The SMILES string of the molecule is CC(C)(C)C(=O)c1cc(O)c(O)cc1[N+](=O)[O-]. The molecule has 0 aliphatic rings. The lowest BCUT2D eigenvalue weighted by Gasteiger charge is -2.16. The Bertz CT molecular complexity index is 487. The van der Waals surface area contributed by atoms with Crippen molar-refractivity contribution in [2.24, 2.45) is 5.41 Å². The van der Waals surface area contributed by atoms with Crippen molar-refractivity contribution in [1.29, 1.82) is 0 Å². The third-order valence-electron chi connectivity index (χ3n) is 2.22. The molecule has 0 unspecified atom stereocenters. The number of nitro benzene ring substituents is 1. The van der Waals surface area contributed by atoms with Gasteiger partial charge in [-0.05, 0) is 0 Å². The van der Waals surface area contributed by atoms with Gasteiger partial charge in [-0.2, -0.15) is 0 Å². The molecule has 0 saturated carbocycles. The smallest absolute Gasteiger partial charge is 0.284 e. The minimum Gasteiger partial charge on any atom is -0.504 e. The van der Waals surface area contributed by atoms with E-state index < -0.39 is 33.3 Å². The first-order valence-corrected chi connectivity index (χ1v) is 4.89. The molecule has 0 heterocycles. The maximum atomic E-state index is 12.0. The fourth-order valence-corrected chi connectivity index (χ4v) is 1.30. The van der Waals surface area contributed by atoms with E-state index in [1.807, 2.05) is 0 Å². The Morgan fingerprint density at radius 3 is 2.12 bits per heavy atom. The molecule has 0 fully saturated rings. The maximum Gasteiger partial charge on any atom is 0.284 e. The topological polar surface area (TPSA) is 101 Å². The molecule has 92 valence electrons. The van der Waals surface area contributed by atoms with Crippen molar-refractivity contribution >= 4 is 11.5 Å². The largest absolute Gasteiger partial charge is 0.504 e. The van der Waals surface area contributed by atoms with E-state index in [4.69, 9.17) is 0 Å². The lowest BCUT2D eigenvalue weighted by atomic mass is 9.86. The molecule has 0 aromatic heterocycles. The molecular weight excluding hydrogens is 226 g/mol. The molecule has 0 spiro atoms. The van der Waals surface area contributed by atoms with Gasteiger partial charge in [0.05, 0.1) is 16.6 Å². The van der Waals surface area contributed by atoms with Crippen LogP contribution in [0.1, 0.15) is 31.1 Å². The lowest BCUT2D eigenvalue weighted by Crippen LogP contribution is -2.21. The Kier molecular flexibility index (Phi) is 3.08. The van der Waals surface area contributed by atoms with Crippen molar-refractivity contribution in [1.82, 2.24) is 0 Å². The van der Waals surface area contributed by atoms with Crippen LogP contribution in [0, 0.1) is 15.5 Å². The summed E-state index contributed by atoms with van der Waals surface area (Å²) in [5.74, 6) is -1.65. The first-order valence-electron chi connectivity index (χ1n) is 4.89. The van der Waals surface area contributed by atoms with Gasteiger partial charge in [0.2, 0.25) is 0 Å². The van der Waals surface area contributed by atoms with E-state index in [0.29, 0.717) is 0 Å². The van der Waals surface area contributed by atoms with Gasteiger partial charge in [0.1, 0.15) is 0 Å². The van der Waals surface area contributed by atoms with Crippen LogP contribution in [-0.2, 0) is 0 Å². The van der Waals surface area contributed by atoms with Crippen molar-refractivity contribution in [3.05, 3.63) is 27.8 Å². The molecule has 2 N–H and O–H groups in total. The van der Waals surface area contributed by atoms with Gasteiger partial charge in [-0.25, -0.2) is 0 Å². The second-order valence-electron chi connectivity index (χ2n) is 4.69. The Hall–Kier alpha value is -2.11. The molecular formula is C11H13NO5. The van der Waals surface area contributed by atoms with E-state index in [9.17, 15) is 25.1 Å². The summed E-state index contributed by atoms with van der Waals surface area (Å²) in [6.07, 6.45) is 0. The van der Waals surface area contributed by atoms with Crippen LogP contribution in [0.3, 0.4) is 0 Å². The lowest BCUT2D eigenvalue weighted by molar-refractivity contribution is -0.385. The Labute approximate surface area is 97.7 Å². The molecule has 0 saturated heterocycles. The standard InChI is InChI=1S/C11H13NO5/c1-11(2,3)10(15)6-4-8(13)9(14)5-7(6)12(16)17/h4-5,13-14H,1-3H3. The molecule has 0 bridgehead atoms. The third kappa shape index (κ3) is 2.52. The fourth-order valence-electron chi connectivity index (χ4n) is 1.30. The van der Waals surface area contributed by atoms with Gasteiger partial charge in [-0.1, -0.05) is 20.8 Å². The summed E-state index contributed by atoms with van der Waals surface area (Å²) in [6.45, 7) is 4.84. The predicted molar refractivity (Wildman–Crippen MR) is 60.2 cm³/mol. The van der Waals surface area contributed by atoms with E-state index in [1.54, 1.807) is 20.8 Å². The normalized spacial score (nSPS) is 11.2. The van der Waals surface area contributed by atoms with Gasteiger partial charge in [-0.3, -0.25) is 14.9 Å². The Morgan fingerprint density at radius 1 is 1.24 bits per heavy atom. The van der Waals surface area contributed by atoms with Crippen LogP contribution in [0.15, 0.2) is 12.1 Å². The zero-order valence-electron chi connectivity index (χ0n) is 9.72. The van der Waals surface area contributed by atoms with E-state index in [1.165, 1.54) is 0 Å². The van der Waals surface area contributed by atoms with E-state index in [-0.39, 0.29) is 5.56 Å². The van der Waals surface area contributed by atoms with Crippen LogP contribution in [0.25, 0.3) is 0 Å². The second kappa shape index (κ2) is 4.04. The average molecular weight is 239 g/mol. The molecule has 1 aromatic carbocycles. The first-order chi connectivity index (χ1) is 7.64. The molecule has 6 nitrogen and oxygen atoms in total. The highest BCUT2D eigenvalue weighted by Gasteiger charge is 2.30. The number of hydrogen-bond donors (Lipinski definition) is 2. The predicted octanol–water partition coefficient (Wildman–Crippen LogP) is 2.23. The zero-order chi connectivity index (χ0) is 13.4. The number of hydrogen-bond acceptors (Lipinski definition) is 5. The zero-order valence-corrected chi connectivity index (χ0v) is 9.72. The van der Waals surface area contributed by atoms with E-state index in [2.05, 4.69) is 0 Å². The molecule has 0 aliphatic heterocycles. The minimum atomic E-state index is -0.811. The van der Waals surface area contributed by atoms with Gasteiger partial charge in [-0.15, -0.1) is 0 Å². The van der Waals surface area contributed by atoms with Crippen molar-refractivity contribution in [2.75, 3.05) is 0 Å². The number of rotatable bonds is 2. The van der Waals surface area contributed by atoms with Crippen LogP contribution in [0.5, 0.6) is 11.5 Å². The number of carbonyl (C=O) groups is 1. The Morgan fingerprint density at radius 2 is 1.71 bits per heavy atom. The van der Waals surface area contributed by atoms with Crippen LogP contribution >= 0.6 is 0 Å². The van der Waals surface area contributed by atoms with Gasteiger partial charge in [0.15, 0.2) is 17.3 Å². The number of nitrogens with zero attached hydrogens (tertiary/aromatic N) is 1. The average Bonchev–Trinajstić information content (AvgIpc) is 2.18. The number of benzene rings is 1. The third-order valence-corrected chi connectivity index (χ3v) is 2.22. The summed E-state index contributed by atoms with van der Waals surface area (Å²) in [5.41, 5.74) is -1.54. The summed E-state index contributed by atoms with van der Waals surface area (Å²) in [6, 6.07) is 1.69. The molecule has 17 heavy (non-hydrogen) atoms. The molecule has 0 atom stereocenters. The summed E-state index contributed by atoms with van der Waals surface area (Å²) in [4.78, 5) is 22.0. The number of phenols is 2. The highest BCUT2D eigenvalue weighted by molar-refractivity contribution is 6.03. The van der Waals surface area contributed by atoms with Gasteiger partial charge in [0.25, 0.3) is 5.69 Å². The number of ketones is 1. The molecule has 6 heteroatoms. The number of carbonyl (C=O) groups excluding carboxylic acids is 1. The highest BCUT2D eigenvalue weighted by atomic mass is 16.6. The summed E-state index contributed by atoms with van der Waals surface area (Å²) in [7, 11) is 0. The number of Topliss-reactive ketones (excluding diaryl/α,β-unsaturated/α-hetero) is 1. The molecule has 0 aliphatic carbocycles. The highest BCUT2D eigenvalue weighted by Crippen LogP contribution is 2.35. The van der Waals surface area contributed by atoms with Crippen LogP contribution in [-0.4, -0.2) is 20.9 Å². The van der Waals surface area contributed by atoms with Crippen molar-refractivity contribution in [2.45, 2.75) is 20.8 Å². The number of nitro groups is 1. The monoisotopic (exact) mass is 239 g/mol. The number of phenolic OH excluding ortho intramolecular Hbond substituents is 2. The fraction of sp³-hybridized carbons (Fsp3) is 0.364. The van der Waals surface area contributed by atoms with E-state index in [0.717, 1.165) is 12.1 Å². The van der Waals surface area contributed by atoms with E-state index >= 15 is 0 Å². The van der Waals surface area contributed by atoms with Gasteiger partial charge >= 0.3 is 0 Å². The second-order valence-corrected chi connectivity index (χ2v) is 4.69. The van der Waals surface area contributed by atoms with Crippen molar-refractivity contribution < 1.29 is 19.9 Å². The quantitative estimate of drug-likeness (QED) is 0.356. The first kappa shape index (κ1) is 13.0. The molecule has 1 rings (SSSR count). The Balaban J connectivity index is 3.47. The molecule has 1 aromatic rings. The minimum absolute atomic E-state index is 0.210. The maximum absolute atomic E-state index is 12.0. The van der Waals surface area contributed by atoms with Crippen LogP contribution in [0.4, 0.5) is 5.69 Å². The number of aromatic hydroxyl groups is 2. The van der Waals surface area contributed by atoms with Crippen LogP contribution in [0.2, 0.25) is 0 Å². The summed E-state index contributed by atoms with van der Waals surface area (Å²) in [5, 5.41) is 29.3. The summed E-state index contributed by atoms with van der Waals surface area (Å²) >= 11 is 0. The van der Waals surface area contributed by atoms with Crippen molar-refractivity contribution in [3.63, 3.8) is 0 Å². The van der Waals surface area contributed by atoms with Crippen molar-refractivity contribution in [3.8, 4) is 11.5 Å². The summed E-state index contributed by atoms with van der Waals surface area (Å²) < 4.78 is 0.